The molecule has 3 aromatic carbocycles. The van der Waals surface area contributed by atoms with Crippen LogP contribution >= 0.6 is 0 Å². The zero-order chi connectivity index (χ0) is 21.8. The van der Waals surface area contributed by atoms with Gasteiger partial charge in [-0.15, -0.1) is 0 Å². The van der Waals surface area contributed by atoms with Crippen molar-refractivity contribution in [2.45, 2.75) is 25.0 Å². The van der Waals surface area contributed by atoms with Gasteiger partial charge in [-0.1, -0.05) is 0 Å². The SMILES string of the molecule is CC1(C)c2cc(C#N)ccc2NC12C=Cc1cc(C(=O)c3ccc(F)cc3)ccc1O2. The summed E-state index contributed by atoms with van der Waals surface area (Å²) in [5, 5.41) is 12.8. The van der Waals surface area contributed by atoms with Crippen molar-refractivity contribution >= 4 is 17.5 Å². The topological polar surface area (TPSA) is 62.1 Å². The molecule has 0 bridgehead atoms. The molecular weight excluding hydrogens is 391 g/mol. The van der Waals surface area contributed by atoms with Crippen LogP contribution in [-0.2, 0) is 5.41 Å². The quantitative estimate of drug-likeness (QED) is 0.572. The Hall–Kier alpha value is -3.91. The van der Waals surface area contributed by atoms with E-state index in [1.807, 2.05) is 24.3 Å². The molecule has 3 aromatic rings. The largest absolute Gasteiger partial charge is 0.463 e. The van der Waals surface area contributed by atoms with Gasteiger partial charge >= 0.3 is 0 Å². The maximum atomic E-state index is 13.2. The molecule has 1 spiro atoms. The fourth-order valence-corrected chi connectivity index (χ4v) is 4.29. The van der Waals surface area contributed by atoms with Gasteiger partial charge < -0.3 is 10.1 Å². The highest BCUT2D eigenvalue weighted by atomic mass is 19.1. The third-order valence-electron chi connectivity index (χ3n) is 6.22. The first-order valence-electron chi connectivity index (χ1n) is 9.98. The minimum absolute atomic E-state index is 0.174. The van der Waals surface area contributed by atoms with E-state index in [0.717, 1.165) is 16.8 Å². The van der Waals surface area contributed by atoms with Crippen molar-refractivity contribution in [3.8, 4) is 11.8 Å². The molecule has 0 fully saturated rings. The van der Waals surface area contributed by atoms with Crippen molar-refractivity contribution in [1.82, 2.24) is 0 Å². The third-order valence-corrected chi connectivity index (χ3v) is 6.22. The molecule has 0 radical (unpaired) electrons. The lowest BCUT2D eigenvalue weighted by atomic mass is 9.76. The summed E-state index contributed by atoms with van der Waals surface area (Å²) in [6, 6.07) is 18.6. The third kappa shape index (κ3) is 2.83. The van der Waals surface area contributed by atoms with Crippen molar-refractivity contribution < 1.29 is 13.9 Å². The number of hydrogen-bond donors (Lipinski definition) is 1. The number of carbonyl (C=O) groups is 1. The molecule has 2 aliphatic rings. The van der Waals surface area contributed by atoms with Crippen LogP contribution in [0, 0.1) is 17.1 Å². The minimum Gasteiger partial charge on any atom is -0.463 e. The number of nitrogens with one attached hydrogen (secondary N) is 1. The summed E-state index contributed by atoms with van der Waals surface area (Å²) in [6.45, 7) is 4.16. The van der Waals surface area contributed by atoms with E-state index >= 15 is 0 Å². The number of fused-ring (bicyclic) bond motifs is 2. The van der Waals surface area contributed by atoms with Gasteiger partial charge in [-0.2, -0.15) is 5.26 Å². The number of anilines is 1. The van der Waals surface area contributed by atoms with Crippen molar-refractivity contribution in [2.75, 3.05) is 5.32 Å². The molecule has 0 amide bonds. The summed E-state index contributed by atoms with van der Waals surface area (Å²) in [4.78, 5) is 12.8. The number of carbonyl (C=O) groups excluding carboxylic acids is 1. The molecule has 1 N–H and O–H groups in total. The smallest absolute Gasteiger partial charge is 0.209 e. The van der Waals surface area contributed by atoms with Crippen molar-refractivity contribution in [1.29, 1.82) is 5.26 Å². The normalized spacial score (nSPS) is 19.7. The van der Waals surface area contributed by atoms with E-state index in [4.69, 9.17) is 4.74 Å². The van der Waals surface area contributed by atoms with Gasteiger partial charge in [0.25, 0.3) is 0 Å². The van der Waals surface area contributed by atoms with Crippen LogP contribution in [-0.4, -0.2) is 11.5 Å². The van der Waals surface area contributed by atoms with Gasteiger partial charge in [-0.3, -0.25) is 4.79 Å². The van der Waals surface area contributed by atoms with Gasteiger partial charge in [0.05, 0.1) is 17.0 Å². The highest BCUT2D eigenvalue weighted by Crippen LogP contribution is 2.51. The lowest BCUT2D eigenvalue weighted by Gasteiger charge is -2.41. The first-order valence-corrected chi connectivity index (χ1v) is 9.98. The second kappa shape index (κ2) is 6.55. The standard InChI is InChI=1S/C26H19FN2O2/c1-25(2)21-13-16(15-28)3-9-22(21)29-26(25)12-11-18-14-19(6-10-23(18)31-26)24(30)17-4-7-20(27)8-5-17/h3-14,29H,1-2H3. The summed E-state index contributed by atoms with van der Waals surface area (Å²) in [5.74, 6) is 0.109. The molecule has 152 valence electrons. The van der Waals surface area contributed by atoms with Crippen LogP contribution in [0.2, 0.25) is 0 Å². The van der Waals surface area contributed by atoms with E-state index in [0.29, 0.717) is 22.4 Å². The highest BCUT2D eigenvalue weighted by Gasteiger charge is 2.54. The predicted octanol–water partition coefficient (Wildman–Crippen LogP) is 5.43. The average Bonchev–Trinajstić information content (AvgIpc) is 2.99. The zero-order valence-corrected chi connectivity index (χ0v) is 17.1. The van der Waals surface area contributed by atoms with E-state index < -0.39 is 11.1 Å². The van der Waals surface area contributed by atoms with Gasteiger partial charge in [0.1, 0.15) is 11.6 Å². The van der Waals surface area contributed by atoms with Crippen LogP contribution in [0.3, 0.4) is 0 Å². The van der Waals surface area contributed by atoms with Crippen molar-refractivity contribution in [3.05, 3.63) is 100 Å². The molecule has 5 heteroatoms. The summed E-state index contributed by atoms with van der Waals surface area (Å²) in [7, 11) is 0. The Labute approximate surface area is 179 Å². The Balaban J connectivity index is 1.49. The number of nitrogens with zero attached hydrogens (tertiary/aromatic N) is 1. The first kappa shape index (κ1) is 19.1. The first-order chi connectivity index (χ1) is 14.8. The Morgan fingerprint density at radius 1 is 1.03 bits per heavy atom. The number of nitriles is 1. The van der Waals surface area contributed by atoms with E-state index in [-0.39, 0.29) is 11.6 Å². The van der Waals surface area contributed by atoms with Gasteiger partial charge in [0, 0.05) is 22.4 Å². The Bertz CT molecular complexity index is 1300. The van der Waals surface area contributed by atoms with Crippen molar-refractivity contribution in [3.63, 3.8) is 0 Å². The predicted molar refractivity (Wildman–Crippen MR) is 116 cm³/mol. The summed E-state index contributed by atoms with van der Waals surface area (Å²) < 4.78 is 19.6. The molecular formula is C26H19FN2O2. The molecule has 0 aliphatic carbocycles. The van der Waals surface area contributed by atoms with Crippen LogP contribution in [0.1, 0.15) is 46.5 Å². The molecule has 1 unspecified atom stereocenters. The maximum absolute atomic E-state index is 13.2. The fraction of sp³-hybridized carbons (Fsp3) is 0.154. The van der Waals surface area contributed by atoms with E-state index in [9.17, 15) is 14.4 Å². The second-order valence-corrected chi connectivity index (χ2v) is 8.38. The van der Waals surface area contributed by atoms with Gasteiger partial charge in [0.2, 0.25) is 5.72 Å². The number of halogens is 1. The van der Waals surface area contributed by atoms with Gasteiger partial charge in [-0.25, -0.2) is 4.39 Å². The lowest BCUT2D eigenvalue weighted by molar-refractivity contribution is 0.0823. The number of hydrogen-bond acceptors (Lipinski definition) is 4. The average molecular weight is 410 g/mol. The Kier molecular flexibility index (Phi) is 4.03. The molecule has 0 saturated heterocycles. The maximum Gasteiger partial charge on any atom is 0.209 e. The highest BCUT2D eigenvalue weighted by molar-refractivity contribution is 6.09. The number of ether oxygens (including phenoxy) is 1. The Morgan fingerprint density at radius 3 is 2.52 bits per heavy atom. The molecule has 5 rings (SSSR count). The van der Waals surface area contributed by atoms with Crippen LogP contribution in [0.4, 0.5) is 10.1 Å². The fourth-order valence-electron chi connectivity index (χ4n) is 4.29. The van der Waals surface area contributed by atoms with Crippen LogP contribution in [0.5, 0.6) is 5.75 Å². The number of ketones is 1. The molecule has 4 nitrogen and oxygen atoms in total. The lowest BCUT2D eigenvalue weighted by Crippen LogP contribution is -2.53. The van der Waals surface area contributed by atoms with E-state index in [2.05, 4.69) is 25.2 Å². The molecule has 31 heavy (non-hydrogen) atoms. The zero-order valence-electron chi connectivity index (χ0n) is 17.1. The van der Waals surface area contributed by atoms with Gasteiger partial charge in [0.15, 0.2) is 5.78 Å². The summed E-state index contributed by atoms with van der Waals surface area (Å²) in [5.41, 5.74) is 3.05. The monoisotopic (exact) mass is 410 g/mol. The molecule has 2 heterocycles. The number of rotatable bonds is 2. The summed E-state index contributed by atoms with van der Waals surface area (Å²) >= 11 is 0. The van der Waals surface area contributed by atoms with E-state index in [1.165, 1.54) is 24.3 Å². The van der Waals surface area contributed by atoms with Crippen LogP contribution in [0.25, 0.3) is 6.08 Å². The number of benzene rings is 3. The van der Waals surface area contributed by atoms with Gasteiger partial charge in [-0.05, 0) is 92.2 Å². The molecule has 1 atom stereocenters. The second-order valence-electron chi connectivity index (χ2n) is 8.38. The minimum atomic E-state index is -0.807. The molecule has 2 aliphatic heterocycles. The van der Waals surface area contributed by atoms with Crippen LogP contribution in [0.15, 0.2) is 66.7 Å². The van der Waals surface area contributed by atoms with Crippen molar-refractivity contribution in [2.24, 2.45) is 0 Å². The van der Waals surface area contributed by atoms with E-state index in [1.54, 1.807) is 24.3 Å². The molecule has 0 aromatic heterocycles. The van der Waals surface area contributed by atoms with Crippen LogP contribution < -0.4 is 10.1 Å². The molecule has 0 saturated carbocycles. The Morgan fingerprint density at radius 2 is 1.77 bits per heavy atom. The summed E-state index contributed by atoms with van der Waals surface area (Å²) in [6.07, 6.45) is 3.92.